The second kappa shape index (κ2) is 11.4. The summed E-state index contributed by atoms with van der Waals surface area (Å²) in [5, 5.41) is 7.89. The summed E-state index contributed by atoms with van der Waals surface area (Å²) in [5.74, 6) is 1.55. The smallest absolute Gasteiger partial charge is 0.169 e. The number of benzene rings is 6. The van der Waals surface area contributed by atoms with Crippen LogP contribution in [0, 0.1) is 0 Å². The fourth-order valence-corrected chi connectivity index (χ4v) is 7.22. The van der Waals surface area contributed by atoms with Gasteiger partial charge in [0.15, 0.2) is 11.7 Å². The van der Waals surface area contributed by atoms with E-state index >= 15 is 0 Å². The van der Waals surface area contributed by atoms with E-state index in [2.05, 4.69) is 118 Å². The van der Waals surface area contributed by atoms with E-state index in [1.807, 2.05) is 54.7 Å². The molecular weight excluding hydrogens is 615 g/mol. The van der Waals surface area contributed by atoms with Gasteiger partial charge >= 0.3 is 0 Å². The number of hydrogen-bond acceptors (Lipinski definition) is 5. The van der Waals surface area contributed by atoms with E-state index in [4.69, 9.17) is 14.4 Å². The van der Waals surface area contributed by atoms with E-state index in [0.717, 1.165) is 83.5 Å². The van der Waals surface area contributed by atoms with Crippen LogP contribution >= 0.6 is 0 Å². The predicted octanol–water partition coefficient (Wildman–Crippen LogP) is 10.2. The summed E-state index contributed by atoms with van der Waals surface area (Å²) in [5.41, 5.74) is 9.78. The summed E-state index contributed by atoms with van der Waals surface area (Å²) >= 11 is 0. The Balaban J connectivity index is 1.27. The van der Waals surface area contributed by atoms with Crippen LogP contribution in [-0.4, -0.2) is 21.2 Å². The van der Waals surface area contributed by atoms with E-state index in [1.54, 1.807) is 6.20 Å². The van der Waals surface area contributed by atoms with Gasteiger partial charge in [-0.3, -0.25) is 4.98 Å². The second-order valence-corrected chi connectivity index (χ2v) is 12.5. The third kappa shape index (κ3) is 4.54. The molecule has 1 aliphatic rings. The van der Waals surface area contributed by atoms with Crippen LogP contribution in [0.25, 0.3) is 60.6 Å². The number of pyridine rings is 1. The van der Waals surface area contributed by atoms with Crippen molar-refractivity contribution in [2.75, 3.05) is 0 Å². The zero-order valence-electron chi connectivity index (χ0n) is 26.9. The Hall–Kier alpha value is -6.79. The van der Waals surface area contributed by atoms with Crippen molar-refractivity contribution in [1.29, 1.82) is 0 Å². The minimum atomic E-state index is -0.495. The number of amidine groups is 2. The molecule has 0 saturated carbocycles. The highest BCUT2D eigenvalue weighted by molar-refractivity contribution is 6.23. The van der Waals surface area contributed by atoms with E-state index in [9.17, 15) is 0 Å². The summed E-state index contributed by atoms with van der Waals surface area (Å²) in [6, 6.07) is 52.3. The van der Waals surface area contributed by atoms with Gasteiger partial charge in [0.1, 0.15) is 17.3 Å². The SMILES string of the molecule is c1ccc(C2=NC(c3cc(-c4cccnc4)c4oc5c(ccc6c7ccccc7n(-c7ccccc7)c65)c4c3)N=C(c3ccccc3)N2)cc1. The fraction of sp³-hybridized carbons (Fsp3) is 0.0227. The summed E-state index contributed by atoms with van der Waals surface area (Å²) < 4.78 is 9.35. The molecule has 10 rings (SSSR count). The number of nitrogens with zero attached hydrogens (tertiary/aromatic N) is 4. The minimum Gasteiger partial charge on any atom is -0.453 e. The number of hydrogen-bond donors (Lipinski definition) is 1. The average Bonchev–Trinajstić information content (AvgIpc) is 3.75. The van der Waals surface area contributed by atoms with Crippen LogP contribution in [0.4, 0.5) is 0 Å². The Morgan fingerprint density at radius 1 is 0.540 bits per heavy atom. The third-order valence-electron chi connectivity index (χ3n) is 9.51. The number of aromatic nitrogens is 2. The Bertz CT molecular complexity index is 2710. The van der Waals surface area contributed by atoms with Gasteiger partial charge in [-0.2, -0.15) is 0 Å². The van der Waals surface area contributed by atoms with Gasteiger partial charge < -0.3 is 14.3 Å². The number of furan rings is 1. The van der Waals surface area contributed by atoms with Gasteiger partial charge in [0.2, 0.25) is 0 Å². The molecule has 0 radical (unpaired) electrons. The van der Waals surface area contributed by atoms with Crippen molar-refractivity contribution >= 4 is 55.4 Å². The van der Waals surface area contributed by atoms with Gasteiger partial charge in [-0.05, 0) is 48.0 Å². The highest BCUT2D eigenvalue weighted by Crippen LogP contribution is 2.44. The van der Waals surface area contributed by atoms with Crippen LogP contribution in [0.5, 0.6) is 0 Å². The quantitative estimate of drug-likeness (QED) is 0.203. The number of aliphatic imine (C=N–C) groups is 2. The van der Waals surface area contributed by atoms with Crippen molar-refractivity contribution in [3.05, 3.63) is 181 Å². The van der Waals surface area contributed by atoms with Crippen LogP contribution in [-0.2, 0) is 0 Å². The van der Waals surface area contributed by atoms with Crippen molar-refractivity contribution in [1.82, 2.24) is 14.9 Å². The van der Waals surface area contributed by atoms with Gasteiger partial charge in [-0.1, -0.05) is 109 Å². The number of rotatable bonds is 5. The summed E-state index contributed by atoms with van der Waals surface area (Å²) in [7, 11) is 0. The molecule has 1 N–H and O–H groups in total. The molecule has 6 aromatic carbocycles. The molecular formula is C44H29N5O. The molecule has 6 heteroatoms. The topological polar surface area (TPSA) is 67.7 Å². The maximum absolute atomic E-state index is 7.03. The molecule has 1 aliphatic heterocycles. The van der Waals surface area contributed by atoms with Crippen molar-refractivity contribution in [3.8, 4) is 16.8 Å². The maximum atomic E-state index is 7.03. The first kappa shape index (κ1) is 28.2. The first-order valence-electron chi connectivity index (χ1n) is 16.7. The molecule has 6 nitrogen and oxygen atoms in total. The first-order valence-corrected chi connectivity index (χ1v) is 16.7. The second-order valence-electron chi connectivity index (χ2n) is 12.5. The van der Waals surface area contributed by atoms with E-state index in [1.165, 1.54) is 5.39 Å². The van der Waals surface area contributed by atoms with E-state index in [0.29, 0.717) is 0 Å². The van der Waals surface area contributed by atoms with Gasteiger partial charge in [0.05, 0.1) is 11.0 Å². The highest BCUT2D eigenvalue weighted by Gasteiger charge is 2.25. The number of nitrogens with one attached hydrogen (secondary N) is 1. The van der Waals surface area contributed by atoms with E-state index < -0.39 is 6.17 Å². The molecule has 0 aliphatic carbocycles. The molecule has 50 heavy (non-hydrogen) atoms. The Labute approximate surface area is 287 Å². The number of fused-ring (bicyclic) bond motifs is 7. The lowest BCUT2D eigenvalue weighted by molar-refractivity contribution is 0.671. The highest BCUT2D eigenvalue weighted by atomic mass is 16.3. The van der Waals surface area contributed by atoms with Crippen molar-refractivity contribution in [2.24, 2.45) is 9.98 Å². The van der Waals surface area contributed by atoms with Gasteiger partial charge in [-0.15, -0.1) is 0 Å². The normalized spacial score (nSPS) is 13.5. The maximum Gasteiger partial charge on any atom is 0.169 e. The lowest BCUT2D eigenvalue weighted by Crippen LogP contribution is -2.36. The van der Waals surface area contributed by atoms with Crippen molar-refractivity contribution < 1.29 is 4.42 Å². The van der Waals surface area contributed by atoms with E-state index in [-0.39, 0.29) is 0 Å². The summed E-state index contributed by atoms with van der Waals surface area (Å²) in [4.78, 5) is 14.9. The number of para-hydroxylation sites is 2. The van der Waals surface area contributed by atoms with Crippen LogP contribution in [0.15, 0.2) is 178 Å². The van der Waals surface area contributed by atoms with Crippen LogP contribution in [0.3, 0.4) is 0 Å². The predicted molar refractivity (Wildman–Crippen MR) is 203 cm³/mol. The average molecular weight is 644 g/mol. The van der Waals surface area contributed by atoms with Gasteiger partial charge in [-0.25, -0.2) is 9.98 Å². The molecule has 4 heterocycles. The lowest BCUT2D eigenvalue weighted by atomic mass is 9.98. The van der Waals surface area contributed by atoms with Crippen molar-refractivity contribution in [3.63, 3.8) is 0 Å². The lowest BCUT2D eigenvalue weighted by Gasteiger charge is -2.22. The monoisotopic (exact) mass is 643 g/mol. The molecule has 0 bridgehead atoms. The molecule has 0 amide bonds. The molecule has 3 aromatic heterocycles. The van der Waals surface area contributed by atoms with Gasteiger partial charge in [0, 0.05) is 61.9 Å². The Morgan fingerprint density at radius 3 is 1.88 bits per heavy atom. The molecule has 0 saturated heterocycles. The Morgan fingerprint density at radius 2 is 1.18 bits per heavy atom. The zero-order valence-corrected chi connectivity index (χ0v) is 26.9. The molecule has 236 valence electrons. The molecule has 0 spiro atoms. The summed E-state index contributed by atoms with van der Waals surface area (Å²) in [6.07, 6.45) is 3.19. The van der Waals surface area contributed by atoms with Gasteiger partial charge in [0.25, 0.3) is 0 Å². The fourth-order valence-electron chi connectivity index (χ4n) is 7.22. The molecule has 0 atom stereocenters. The molecule has 0 fully saturated rings. The van der Waals surface area contributed by atoms with Crippen LogP contribution in [0.1, 0.15) is 22.9 Å². The largest absolute Gasteiger partial charge is 0.453 e. The minimum absolute atomic E-state index is 0.495. The molecule has 9 aromatic rings. The standard InChI is InChI=1S/C44H29N5O/c1-4-13-28(14-5-1)42-46-43(29-15-6-2-7-16-29)48-44(47-42)31-25-36(30-17-12-24-45-27-30)40-37(26-31)35-23-22-34-33-20-10-11-21-38(33)49(39(34)41(35)50-40)32-18-8-3-9-19-32/h1-27,44H,(H,46,47,48). The van der Waals surface area contributed by atoms with Crippen molar-refractivity contribution in [2.45, 2.75) is 6.17 Å². The summed E-state index contributed by atoms with van der Waals surface area (Å²) in [6.45, 7) is 0. The Kier molecular flexibility index (Phi) is 6.45. The van der Waals surface area contributed by atoms with Crippen LogP contribution in [0.2, 0.25) is 0 Å². The van der Waals surface area contributed by atoms with Crippen LogP contribution < -0.4 is 5.32 Å². The third-order valence-corrected chi connectivity index (χ3v) is 9.51. The zero-order chi connectivity index (χ0) is 33.0. The molecule has 0 unspecified atom stereocenters. The first-order chi connectivity index (χ1) is 24.8.